The van der Waals surface area contributed by atoms with Gasteiger partial charge in [-0.05, 0) is 43.8 Å². The fourth-order valence-corrected chi connectivity index (χ4v) is 1.45. The van der Waals surface area contributed by atoms with Crippen LogP contribution >= 0.6 is 24.4 Å². The Morgan fingerprint density at radius 3 is 1.89 bits per heavy atom. The van der Waals surface area contributed by atoms with Crippen LogP contribution < -0.4 is 11.1 Å². The quantitative estimate of drug-likeness (QED) is 0.489. The molecule has 0 saturated carbocycles. The number of benzene rings is 1. The zero-order valence-corrected chi connectivity index (χ0v) is 11.3. The Bertz CT molecular complexity index is 382. The van der Waals surface area contributed by atoms with E-state index < -0.39 is 5.17 Å². The molecule has 0 heterocycles. The molecule has 0 atom stereocenters. The van der Waals surface area contributed by atoms with E-state index in [4.69, 9.17) is 10.2 Å². The number of rotatable bonds is 2. The van der Waals surface area contributed by atoms with Gasteiger partial charge in [-0.3, -0.25) is 0 Å². The number of hydrogen-bond acceptors (Lipinski definition) is 2. The van der Waals surface area contributed by atoms with Gasteiger partial charge in [0, 0.05) is 0 Å². The maximum absolute atomic E-state index is 8.97. The van der Waals surface area contributed by atoms with Crippen molar-refractivity contribution in [3.8, 4) is 0 Å². The molecule has 0 amide bonds. The topological polar surface area (TPSA) is 78.5 Å². The molecule has 7 heteroatoms. The van der Waals surface area contributed by atoms with Crippen LogP contribution in [0.25, 0.3) is 0 Å². The molecule has 0 aliphatic heterocycles. The van der Waals surface area contributed by atoms with Crippen LogP contribution in [0.4, 0.5) is 0 Å². The van der Waals surface area contributed by atoms with E-state index in [1.165, 1.54) is 0 Å². The van der Waals surface area contributed by atoms with Gasteiger partial charge in [0.1, 0.15) is 0 Å². The number of nitrogens with one attached hydrogen (secondary N) is 1. The summed E-state index contributed by atoms with van der Waals surface area (Å²) in [5, 5.41) is 18.7. The van der Waals surface area contributed by atoms with Gasteiger partial charge >= 0.3 is 29.6 Å². The van der Waals surface area contributed by atoms with Crippen molar-refractivity contribution in [2.24, 2.45) is 5.73 Å². The summed E-state index contributed by atoms with van der Waals surface area (Å²) in [4.78, 5) is 0. The van der Waals surface area contributed by atoms with Gasteiger partial charge in [-0.25, -0.2) is 0 Å². The second kappa shape index (κ2) is 9.52. The Kier molecular flexibility index (Phi) is 10.5. The molecule has 5 N–H and O–H groups in total. The Morgan fingerprint density at radius 1 is 1.17 bits per heavy atom. The SMILES string of the molecule is CC(C)(NC(O)=S)c1ccccc1.NC(O)=S.[NaH]. The minimum absolute atomic E-state index is 0. The Balaban J connectivity index is 0. The monoisotopic (exact) mass is 296 g/mol. The Morgan fingerprint density at radius 2 is 1.56 bits per heavy atom. The van der Waals surface area contributed by atoms with Crippen molar-refractivity contribution < 1.29 is 10.2 Å². The first-order valence-electron chi connectivity index (χ1n) is 4.80. The third kappa shape index (κ3) is 9.61. The van der Waals surface area contributed by atoms with E-state index in [-0.39, 0.29) is 40.3 Å². The number of nitrogens with two attached hydrogens (primary N) is 1. The number of aliphatic hydroxyl groups is 2. The van der Waals surface area contributed by atoms with E-state index >= 15 is 0 Å². The average molecular weight is 296 g/mol. The van der Waals surface area contributed by atoms with Crippen molar-refractivity contribution in [3.05, 3.63) is 35.9 Å². The molecule has 96 valence electrons. The molecule has 0 aliphatic carbocycles. The summed E-state index contributed by atoms with van der Waals surface area (Å²) in [6, 6.07) is 9.85. The van der Waals surface area contributed by atoms with Crippen molar-refractivity contribution in [2.45, 2.75) is 19.4 Å². The minimum atomic E-state index is -0.500. The Labute approximate surface area is 140 Å². The first-order chi connectivity index (χ1) is 7.75. The average Bonchev–Trinajstić information content (AvgIpc) is 2.16. The molecule has 0 aliphatic rings. The van der Waals surface area contributed by atoms with Crippen molar-refractivity contribution in [1.82, 2.24) is 5.32 Å². The Hall–Kier alpha value is -0.400. The first-order valence-corrected chi connectivity index (χ1v) is 5.62. The van der Waals surface area contributed by atoms with Crippen molar-refractivity contribution in [1.29, 1.82) is 0 Å². The summed E-state index contributed by atoms with van der Waals surface area (Å²) in [6.45, 7) is 3.93. The second-order valence-corrected chi connectivity index (χ2v) is 4.56. The summed E-state index contributed by atoms with van der Waals surface area (Å²) in [5.74, 6) is 0. The molecule has 0 unspecified atom stereocenters. The zero-order valence-electron chi connectivity index (χ0n) is 9.68. The van der Waals surface area contributed by atoms with Gasteiger partial charge in [0.25, 0.3) is 10.3 Å². The van der Waals surface area contributed by atoms with Crippen LogP contribution in [0.15, 0.2) is 30.3 Å². The van der Waals surface area contributed by atoms with Crippen molar-refractivity contribution >= 4 is 64.3 Å². The van der Waals surface area contributed by atoms with E-state index in [0.29, 0.717) is 0 Å². The summed E-state index contributed by atoms with van der Waals surface area (Å²) in [6.07, 6.45) is 0. The molecular formula is C11H17N2NaO2S2. The first kappa shape index (κ1) is 19.9. The molecule has 1 aromatic carbocycles. The van der Waals surface area contributed by atoms with Crippen LogP contribution in [0.2, 0.25) is 0 Å². The molecule has 0 aromatic heterocycles. The van der Waals surface area contributed by atoms with Gasteiger partial charge in [-0.1, -0.05) is 30.3 Å². The van der Waals surface area contributed by atoms with Gasteiger partial charge in [-0.2, -0.15) is 0 Å². The van der Waals surface area contributed by atoms with E-state index in [1.807, 2.05) is 44.2 Å². The molecule has 4 nitrogen and oxygen atoms in total. The summed E-state index contributed by atoms with van der Waals surface area (Å²) in [5.41, 5.74) is 5.16. The summed E-state index contributed by atoms with van der Waals surface area (Å²) in [7, 11) is 0. The molecule has 0 spiro atoms. The molecule has 0 radical (unpaired) electrons. The molecule has 0 fully saturated rings. The number of aliphatic hydroxyl groups excluding tert-OH is 2. The fourth-order valence-electron chi connectivity index (χ4n) is 1.19. The predicted octanol–water partition coefficient (Wildman–Crippen LogP) is 1.49. The molecule has 1 rings (SSSR count). The second-order valence-electron chi connectivity index (χ2n) is 3.76. The van der Waals surface area contributed by atoms with Gasteiger partial charge in [-0.15, -0.1) is 0 Å². The normalized spacial score (nSPS) is 9.22. The molecule has 0 bridgehead atoms. The van der Waals surface area contributed by atoms with Gasteiger partial charge in [0.2, 0.25) is 0 Å². The van der Waals surface area contributed by atoms with Gasteiger partial charge in [0.05, 0.1) is 5.54 Å². The van der Waals surface area contributed by atoms with Gasteiger partial charge < -0.3 is 21.3 Å². The molecule has 0 saturated heterocycles. The standard InChI is InChI=1S/C10H13NOS.CH3NOS.Na.H/c1-10(2,11-9(12)13)8-6-4-3-5-7-8;2-1(3)4;;/h3-7H,1-2H3,(H2,11,12,13);(H3,2,3,4);;. The van der Waals surface area contributed by atoms with Crippen molar-refractivity contribution in [3.63, 3.8) is 0 Å². The van der Waals surface area contributed by atoms with E-state index in [2.05, 4.69) is 35.5 Å². The van der Waals surface area contributed by atoms with Crippen LogP contribution in [0, 0.1) is 0 Å². The molecular weight excluding hydrogens is 279 g/mol. The van der Waals surface area contributed by atoms with Gasteiger partial charge in [0.15, 0.2) is 0 Å². The van der Waals surface area contributed by atoms with Crippen LogP contribution in [-0.2, 0) is 5.54 Å². The third-order valence-electron chi connectivity index (χ3n) is 1.91. The zero-order chi connectivity index (χ0) is 13.5. The van der Waals surface area contributed by atoms with Crippen LogP contribution in [0.1, 0.15) is 19.4 Å². The number of thiocarbonyl (C=S) groups is 2. The predicted molar refractivity (Wildman–Crippen MR) is 84.4 cm³/mol. The molecule has 1 aromatic rings. The maximum atomic E-state index is 8.97. The molecule has 18 heavy (non-hydrogen) atoms. The summed E-state index contributed by atoms with van der Waals surface area (Å²) >= 11 is 8.46. The number of hydrogen-bond donors (Lipinski definition) is 4. The van der Waals surface area contributed by atoms with Crippen LogP contribution in [0.3, 0.4) is 0 Å². The van der Waals surface area contributed by atoms with Crippen molar-refractivity contribution in [2.75, 3.05) is 0 Å². The fraction of sp³-hybridized carbons (Fsp3) is 0.273. The van der Waals surface area contributed by atoms with E-state index in [1.54, 1.807) is 0 Å². The summed E-state index contributed by atoms with van der Waals surface area (Å²) < 4.78 is 0. The van der Waals surface area contributed by atoms with E-state index in [0.717, 1.165) is 5.56 Å². The van der Waals surface area contributed by atoms with E-state index in [9.17, 15) is 0 Å². The van der Waals surface area contributed by atoms with Crippen LogP contribution in [-0.4, -0.2) is 50.1 Å². The van der Waals surface area contributed by atoms with Crippen LogP contribution in [0.5, 0.6) is 0 Å². The third-order valence-corrected chi connectivity index (χ3v) is 2.02.